The topological polar surface area (TPSA) is 163 Å². The van der Waals surface area contributed by atoms with Crippen LogP contribution in [0.5, 0.6) is 11.5 Å². The molecule has 13 heteroatoms. The molecular weight excluding hydrogens is 446 g/mol. The van der Waals surface area contributed by atoms with Crippen molar-refractivity contribution in [2.45, 2.75) is 17.9 Å². The van der Waals surface area contributed by atoms with Gasteiger partial charge in [-0.2, -0.15) is 4.72 Å². The van der Waals surface area contributed by atoms with Crippen molar-refractivity contribution in [2.75, 3.05) is 26.1 Å². The van der Waals surface area contributed by atoms with Crippen molar-refractivity contribution in [3.63, 3.8) is 0 Å². The second-order valence-electron chi connectivity index (χ2n) is 6.32. The minimum Gasteiger partial charge on any atom is -0.497 e. The summed E-state index contributed by atoms with van der Waals surface area (Å²) in [5, 5.41) is 13.2. The highest BCUT2D eigenvalue weighted by Crippen LogP contribution is 2.28. The number of carbonyl (C=O) groups excluding carboxylic acids is 2. The van der Waals surface area contributed by atoms with Crippen LogP contribution < -0.4 is 19.5 Å². The Morgan fingerprint density at radius 1 is 1.09 bits per heavy atom. The summed E-state index contributed by atoms with van der Waals surface area (Å²) in [4.78, 5) is 34.3. The number of nitro benzene ring substituents is 1. The van der Waals surface area contributed by atoms with Gasteiger partial charge in [-0.05, 0) is 37.3 Å². The Bertz CT molecular complexity index is 1100. The van der Waals surface area contributed by atoms with Gasteiger partial charge in [0.05, 0.1) is 35.8 Å². The minimum absolute atomic E-state index is 0.0412. The Hall–Kier alpha value is -3.71. The molecule has 0 aliphatic heterocycles. The Kier molecular flexibility index (Phi) is 8.09. The van der Waals surface area contributed by atoms with E-state index in [4.69, 9.17) is 14.2 Å². The van der Waals surface area contributed by atoms with E-state index in [-0.39, 0.29) is 22.0 Å². The number of hydrogen-bond acceptors (Lipinski definition) is 9. The van der Waals surface area contributed by atoms with Crippen LogP contribution in [0.3, 0.4) is 0 Å². The van der Waals surface area contributed by atoms with Crippen LogP contribution in [0.4, 0.5) is 11.4 Å². The van der Waals surface area contributed by atoms with Gasteiger partial charge < -0.3 is 19.5 Å². The largest absolute Gasteiger partial charge is 0.497 e. The van der Waals surface area contributed by atoms with Gasteiger partial charge in [0.15, 0.2) is 6.61 Å². The highest BCUT2D eigenvalue weighted by atomic mass is 32.2. The molecule has 0 heterocycles. The third-order valence-corrected chi connectivity index (χ3v) is 5.63. The van der Waals surface area contributed by atoms with E-state index in [1.54, 1.807) is 0 Å². The molecular formula is C19H21N3O9S. The number of benzene rings is 2. The second-order valence-corrected chi connectivity index (χ2v) is 8.03. The van der Waals surface area contributed by atoms with Gasteiger partial charge in [-0.25, -0.2) is 8.42 Å². The highest BCUT2D eigenvalue weighted by Gasteiger charge is 2.24. The monoisotopic (exact) mass is 467 g/mol. The van der Waals surface area contributed by atoms with Crippen LogP contribution in [0.15, 0.2) is 47.4 Å². The van der Waals surface area contributed by atoms with Gasteiger partial charge >= 0.3 is 5.97 Å². The molecule has 0 unspecified atom stereocenters. The number of esters is 1. The Labute approximate surface area is 183 Å². The van der Waals surface area contributed by atoms with Gasteiger partial charge in [0, 0.05) is 6.07 Å². The first kappa shape index (κ1) is 24.6. The summed E-state index contributed by atoms with van der Waals surface area (Å²) in [6.07, 6.45) is 0. The lowest BCUT2D eigenvalue weighted by molar-refractivity contribution is -0.384. The maximum atomic E-state index is 12.4. The zero-order chi connectivity index (χ0) is 23.9. The zero-order valence-electron chi connectivity index (χ0n) is 17.4. The van der Waals surface area contributed by atoms with E-state index in [2.05, 4.69) is 10.0 Å². The lowest BCUT2D eigenvalue weighted by atomic mass is 10.2. The highest BCUT2D eigenvalue weighted by molar-refractivity contribution is 7.89. The fraction of sp³-hybridized carbons (Fsp3) is 0.263. The van der Waals surface area contributed by atoms with Crippen molar-refractivity contribution in [1.82, 2.24) is 4.72 Å². The van der Waals surface area contributed by atoms with Crippen molar-refractivity contribution < 1.29 is 37.1 Å². The molecule has 0 saturated heterocycles. The van der Waals surface area contributed by atoms with Crippen molar-refractivity contribution in [1.29, 1.82) is 0 Å². The fourth-order valence-corrected chi connectivity index (χ4v) is 3.64. The lowest BCUT2D eigenvalue weighted by Crippen LogP contribution is -2.40. The van der Waals surface area contributed by atoms with Gasteiger partial charge in [-0.15, -0.1) is 0 Å². The standard InChI is InChI=1S/C19H21N3O9S/c1-12(21-32(27,28)15-7-5-14(29-2)6-8-15)19(24)31-11-18(23)20-16-9-4-13(22(25)26)10-17(16)30-3/h4-10,12,21H,11H2,1-3H3,(H,20,23)/t12-/m0/s1. The number of nitrogens with zero attached hydrogens (tertiary/aromatic N) is 1. The van der Waals surface area contributed by atoms with Crippen molar-refractivity contribution in [3.8, 4) is 11.5 Å². The van der Waals surface area contributed by atoms with E-state index in [1.165, 1.54) is 57.5 Å². The van der Waals surface area contributed by atoms with E-state index in [9.17, 15) is 28.1 Å². The maximum Gasteiger partial charge on any atom is 0.324 e. The van der Waals surface area contributed by atoms with Gasteiger partial charge in [0.25, 0.3) is 11.6 Å². The smallest absolute Gasteiger partial charge is 0.324 e. The summed E-state index contributed by atoms with van der Waals surface area (Å²) in [5.74, 6) is -1.23. The molecule has 32 heavy (non-hydrogen) atoms. The van der Waals surface area contributed by atoms with Crippen molar-refractivity contribution >= 4 is 33.3 Å². The summed E-state index contributed by atoms with van der Waals surface area (Å²) in [6, 6.07) is 7.81. The molecule has 172 valence electrons. The first-order valence-corrected chi connectivity index (χ1v) is 10.5. The molecule has 2 aromatic carbocycles. The number of carbonyl (C=O) groups is 2. The van der Waals surface area contributed by atoms with E-state index < -0.39 is 39.5 Å². The number of anilines is 1. The van der Waals surface area contributed by atoms with Gasteiger partial charge in [0.1, 0.15) is 17.5 Å². The van der Waals surface area contributed by atoms with Crippen LogP contribution in [0.25, 0.3) is 0 Å². The Morgan fingerprint density at radius 3 is 2.31 bits per heavy atom. The number of methoxy groups -OCH3 is 2. The molecule has 0 radical (unpaired) electrons. The number of non-ortho nitro benzene ring substituents is 1. The first-order chi connectivity index (χ1) is 15.1. The number of nitro groups is 1. The summed E-state index contributed by atoms with van der Waals surface area (Å²) < 4.78 is 41.7. The molecule has 0 aromatic heterocycles. The summed E-state index contributed by atoms with van der Waals surface area (Å²) in [7, 11) is -1.31. The fourth-order valence-electron chi connectivity index (χ4n) is 2.45. The number of ether oxygens (including phenoxy) is 3. The molecule has 1 amide bonds. The summed E-state index contributed by atoms with van der Waals surface area (Å²) in [6.45, 7) is 0.550. The molecule has 12 nitrogen and oxygen atoms in total. The molecule has 0 spiro atoms. The maximum absolute atomic E-state index is 12.4. The molecule has 0 fully saturated rings. The van der Waals surface area contributed by atoms with E-state index in [0.29, 0.717) is 5.75 Å². The van der Waals surface area contributed by atoms with E-state index in [0.717, 1.165) is 6.07 Å². The van der Waals surface area contributed by atoms with Gasteiger partial charge in [-0.3, -0.25) is 19.7 Å². The average molecular weight is 467 g/mol. The number of nitrogens with one attached hydrogen (secondary N) is 2. The van der Waals surface area contributed by atoms with E-state index in [1.807, 2.05) is 0 Å². The number of sulfonamides is 1. The van der Waals surface area contributed by atoms with Crippen LogP contribution in [-0.2, 0) is 24.3 Å². The van der Waals surface area contributed by atoms with Crippen LogP contribution in [0, 0.1) is 10.1 Å². The predicted octanol–water partition coefficient (Wildman–Crippen LogP) is 1.46. The van der Waals surface area contributed by atoms with E-state index >= 15 is 0 Å². The first-order valence-electron chi connectivity index (χ1n) is 9.02. The third-order valence-electron chi connectivity index (χ3n) is 4.07. The molecule has 1 atom stereocenters. The van der Waals surface area contributed by atoms with Gasteiger partial charge in [0.2, 0.25) is 10.0 Å². The second kappa shape index (κ2) is 10.5. The average Bonchev–Trinajstić information content (AvgIpc) is 2.77. The third kappa shape index (κ3) is 6.39. The summed E-state index contributed by atoms with van der Waals surface area (Å²) >= 11 is 0. The van der Waals surface area contributed by atoms with Crippen LogP contribution in [-0.4, -0.2) is 52.1 Å². The Morgan fingerprint density at radius 2 is 1.75 bits per heavy atom. The Balaban J connectivity index is 1.93. The van der Waals surface area contributed by atoms with Crippen LogP contribution >= 0.6 is 0 Å². The van der Waals surface area contributed by atoms with Crippen molar-refractivity contribution in [3.05, 3.63) is 52.6 Å². The minimum atomic E-state index is -4.02. The SMILES string of the molecule is COc1ccc(S(=O)(=O)N[C@@H](C)C(=O)OCC(=O)Nc2ccc([N+](=O)[O-])cc2OC)cc1. The normalized spacial score (nSPS) is 11.8. The number of hydrogen-bond donors (Lipinski definition) is 2. The zero-order valence-corrected chi connectivity index (χ0v) is 18.2. The molecule has 0 aliphatic carbocycles. The quantitative estimate of drug-likeness (QED) is 0.299. The number of rotatable bonds is 10. The van der Waals surface area contributed by atoms with Gasteiger partial charge in [-0.1, -0.05) is 0 Å². The lowest BCUT2D eigenvalue weighted by Gasteiger charge is -2.14. The molecule has 0 saturated carbocycles. The molecule has 2 aromatic rings. The van der Waals surface area contributed by atoms with Crippen molar-refractivity contribution in [2.24, 2.45) is 0 Å². The summed E-state index contributed by atoms with van der Waals surface area (Å²) in [5.41, 5.74) is -0.100. The van der Waals surface area contributed by atoms with Crippen LogP contribution in [0.2, 0.25) is 0 Å². The van der Waals surface area contributed by atoms with Crippen LogP contribution in [0.1, 0.15) is 6.92 Å². The molecule has 0 aliphatic rings. The number of amides is 1. The predicted molar refractivity (Wildman–Crippen MR) is 112 cm³/mol. The molecule has 2 N–H and O–H groups in total. The molecule has 0 bridgehead atoms. The molecule has 2 rings (SSSR count).